The van der Waals surface area contributed by atoms with Crippen LogP contribution >= 0.6 is 0 Å². The second-order valence-corrected chi connectivity index (χ2v) is 8.06. The minimum absolute atomic E-state index is 0.203. The van der Waals surface area contributed by atoms with Crippen LogP contribution in [0.1, 0.15) is 30.9 Å². The van der Waals surface area contributed by atoms with Crippen molar-refractivity contribution in [3.63, 3.8) is 0 Å². The topological polar surface area (TPSA) is 46.6 Å². The van der Waals surface area contributed by atoms with Crippen molar-refractivity contribution in [2.75, 3.05) is 18.0 Å². The monoisotopic (exact) mass is 359 g/mol. The fourth-order valence-electron chi connectivity index (χ4n) is 2.62. The fraction of sp³-hybridized carbons (Fsp3) is 0.300. The predicted octanol–water partition coefficient (Wildman–Crippen LogP) is 4.51. The third-order valence-corrected chi connectivity index (χ3v) is 5.89. The summed E-state index contributed by atoms with van der Waals surface area (Å²) in [6.07, 6.45) is 1.59. The number of hydrogen-bond acceptors (Lipinski definition) is 3. The first-order valence-corrected chi connectivity index (χ1v) is 9.63. The molecule has 0 unspecified atom stereocenters. The van der Waals surface area contributed by atoms with E-state index in [-0.39, 0.29) is 11.4 Å². The number of methoxy groups -OCH3 is 1. The molecule has 2 rings (SSSR count). The molecule has 0 N–H and O–H groups in total. The van der Waals surface area contributed by atoms with Gasteiger partial charge in [0.15, 0.2) is 0 Å². The minimum Gasteiger partial charge on any atom is -0.496 e. The third-order valence-electron chi connectivity index (χ3n) is 4.10. The van der Waals surface area contributed by atoms with Crippen molar-refractivity contribution < 1.29 is 13.2 Å². The van der Waals surface area contributed by atoms with E-state index in [1.54, 1.807) is 31.4 Å². The zero-order valence-corrected chi connectivity index (χ0v) is 16.0. The Hall–Kier alpha value is -2.27. The molecule has 0 bridgehead atoms. The van der Waals surface area contributed by atoms with Crippen LogP contribution in [0.4, 0.5) is 5.69 Å². The lowest BCUT2D eigenvalue weighted by atomic mass is 10.0. The van der Waals surface area contributed by atoms with Crippen molar-refractivity contribution in [3.05, 3.63) is 66.2 Å². The molecule has 0 saturated carbocycles. The second kappa shape index (κ2) is 7.74. The van der Waals surface area contributed by atoms with Gasteiger partial charge in [-0.05, 0) is 54.3 Å². The fourth-order valence-corrected chi connectivity index (χ4v) is 4.14. The number of sulfonamides is 1. The molecule has 0 amide bonds. The lowest BCUT2D eigenvalue weighted by Crippen LogP contribution is -2.31. The standard InChI is InChI=1S/C20H25NO3S/c1-6-13-21(18-9-7-17(8-10-18)15(2)3)25(22,23)19-11-12-20(24-5)16(4)14-19/h6-12,14-15H,1,13H2,2-5H3. The van der Waals surface area contributed by atoms with E-state index in [2.05, 4.69) is 20.4 Å². The van der Waals surface area contributed by atoms with Gasteiger partial charge in [-0.2, -0.15) is 0 Å². The largest absolute Gasteiger partial charge is 0.496 e. The highest BCUT2D eigenvalue weighted by molar-refractivity contribution is 7.92. The molecular formula is C20H25NO3S. The normalized spacial score (nSPS) is 11.4. The van der Waals surface area contributed by atoms with Gasteiger partial charge in [0.05, 0.1) is 24.2 Å². The highest BCUT2D eigenvalue weighted by Gasteiger charge is 2.24. The molecule has 0 atom stereocenters. The second-order valence-electron chi connectivity index (χ2n) is 6.20. The zero-order chi connectivity index (χ0) is 18.6. The summed E-state index contributed by atoms with van der Waals surface area (Å²) >= 11 is 0. The van der Waals surface area contributed by atoms with E-state index < -0.39 is 10.0 Å². The summed E-state index contributed by atoms with van der Waals surface area (Å²) in [6, 6.07) is 12.5. The molecule has 0 fully saturated rings. The summed E-state index contributed by atoms with van der Waals surface area (Å²) in [4.78, 5) is 0.237. The number of nitrogens with zero attached hydrogens (tertiary/aromatic N) is 1. The Morgan fingerprint density at radius 3 is 2.28 bits per heavy atom. The quantitative estimate of drug-likeness (QED) is 0.684. The summed E-state index contributed by atoms with van der Waals surface area (Å²) in [5.41, 5.74) is 2.56. The smallest absolute Gasteiger partial charge is 0.264 e. The SMILES string of the molecule is C=CCN(c1ccc(C(C)C)cc1)S(=O)(=O)c1ccc(OC)c(C)c1. The van der Waals surface area contributed by atoms with E-state index >= 15 is 0 Å². The van der Waals surface area contributed by atoms with Crippen LogP contribution in [0.5, 0.6) is 5.75 Å². The Labute approximate surface area is 150 Å². The molecule has 2 aromatic rings. The number of hydrogen-bond donors (Lipinski definition) is 0. The highest BCUT2D eigenvalue weighted by atomic mass is 32.2. The van der Waals surface area contributed by atoms with Crippen LogP contribution in [-0.4, -0.2) is 22.1 Å². The molecule has 25 heavy (non-hydrogen) atoms. The molecule has 0 aliphatic heterocycles. The van der Waals surface area contributed by atoms with Gasteiger partial charge in [0, 0.05) is 0 Å². The Bertz CT molecular complexity index is 840. The molecular weight excluding hydrogens is 334 g/mol. The van der Waals surface area contributed by atoms with Crippen LogP contribution in [0.15, 0.2) is 60.0 Å². The van der Waals surface area contributed by atoms with Crippen molar-refractivity contribution in [2.45, 2.75) is 31.6 Å². The van der Waals surface area contributed by atoms with E-state index in [9.17, 15) is 8.42 Å². The van der Waals surface area contributed by atoms with E-state index in [0.717, 1.165) is 5.56 Å². The Morgan fingerprint density at radius 1 is 1.16 bits per heavy atom. The van der Waals surface area contributed by atoms with Crippen molar-refractivity contribution in [2.24, 2.45) is 0 Å². The summed E-state index contributed by atoms with van der Waals surface area (Å²) < 4.78 is 32.8. The van der Waals surface area contributed by atoms with Crippen molar-refractivity contribution in [3.8, 4) is 5.75 Å². The number of ether oxygens (including phenoxy) is 1. The maximum absolute atomic E-state index is 13.1. The van der Waals surface area contributed by atoms with Crippen molar-refractivity contribution in [1.82, 2.24) is 0 Å². The molecule has 0 heterocycles. The van der Waals surface area contributed by atoms with Gasteiger partial charge in [-0.25, -0.2) is 8.42 Å². The van der Waals surface area contributed by atoms with Gasteiger partial charge in [0.2, 0.25) is 0 Å². The average molecular weight is 359 g/mol. The number of aryl methyl sites for hydroxylation is 1. The lowest BCUT2D eigenvalue weighted by molar-refractivity contribution is 0.411. The lowest BCUT2D eigenvalue weighted by Gasteiger charge is -2.24. The van der Waals surface area contributed by atoms with Gasteiger partial charge in [0.1, 0.15) is 5.75 Å². The minimum atomic E-state index is -3.69. The zero-order valence-electron chi connectivity index (χ0n) is 15.2. The van der Waals surface area contributed by atoms with Gasteiger partial charge in [-0.1, -0.05) is 32.1 Å². The molecule has 5 heteroatoms. The summed E-state index contributed by atoms with van der Waals surface area (Å²) in [7, 11) is -2.12. The Balaban J connectivity index is 2.47. The molecule has 0 aliphatic carbocycles. The van der Waals surface area contributed by atoms with Crippen molar-refractivity contribution in [1.29, 1.82) is 0 Å². The highest BCUT2D eigenvalue weighted by Crippen LogP contribution is 2.28. The first-order chi connectivity index (χ1) is 11.8. The Morgan fingerprint density at radius 2 is 1.80 bits per heavy atom. The molecule has 0 spiro atoms. The maximum Gasteiger partial charge on any atom is 0.264 e. The van der Waals surface area contributed by atoms with E-state index in [0.29, 0.717) is 17.4 Å². The number of anilines is 1. The van der Waals surface area contributed by atoms with E-state index in [1.807, 2.05) is 31.2 Å². The summed E-state index contributed by atoms with van der Waals surface area (Å²) in [6.45, 7) is 9.94. The predicted molar refractivity (Wildman–Crippen MR) is 103 cm³/mol. The summed E-state index contributed by atoms with van der Waals surface area (Å²) in [5, 5.41) is 0. The molecule has 0 aliphatic rings. The maximum atomic E-state index is 13.1. The van der Waals surface area contributed by atoms with Crippen LogP contribution in [0.2, 0.25) is 0 Å². The molecule has 4 nitrogen and oxygen atoms in total. The van der Waals surface area contributed by atoms with Crippen LogP contribution in [0.3, 0.4) is 0 Å². The van der Waals surface area contributed by atoms with Gasteiger partial charge in [-0.15, -0.1) is 6.58 Å². The van der Waals surface area contributed by atoms with Crippen molar-refractivity contribution >= 4 is 15.7 Å². The third kappa shape index (κ3) is 4.04. The number of rotatable bonds is 7. The van der Waals surface area contributed by atoms with Gasteiger partial charge in [0.25, 0.3) is 10.0 Å². The van der Waals surface area contributed by atoms with Gasteiger partial charge >= 0.3 is 0 Å². The van der Waals surface area contributed by atoms with E-state index in [1.165, 1.54) is 9.87 Å². The first-order valence-electron chi connectivity index (χ1n) is 8.19. The van der Waals surface area contributed by atoms with Crippen LogP contribution in [-0.2, 0) is 10.0 Å². The number of benzene rings is 2. The van der Waals surface area contributed by atoms with Crippen LogP contribution in [0, 0.1) is 6.92 Å². The Kier molecular flexibility index (Phi) is 5.90. The molecule has 2 aromatic carbocycles. The molecule has 0 aromatic heterocycles. The first kappa shape index (κ1) is 19.1. The summed E-state index contributed by atoms with van der Waals surface area (Å²) in [5.74, 6) is 1.05. The van der Waals surface area contributed by atoms with Crippen LogP contribution < -0.4 is 9.04 Å². The van der Waals surface area contributed by atoms with Gasteiger partial charge in [-0.3, -0.25) is 4.31 Å². The van der Waals surface area contributed by atoms with Gasteiger partial charge < -0.3 is 4.74 Å². The van der Waals surface area contributed by atoms with Crippen LogP contribution in [0.25, 0.3) is 0 Å². The molecule has 0 saturated heterocycles. The van der Waals surface area contributed by atoms with E-state index in [4.69, 9.17) is 4.74 Å². The average Bonchev–Trinajstić information content (AvgIpc) is 2.59. The molecule has 0 radical (unpaired) electrons. The molecule has 134 valence electrons.